The summed E-state index contributed by atoms with van der Waals surface area (Å²) in [6.07, 6.45) is -7.00. The molecule has 1 atom stereocenters. The Morgan fingerprint density at radius 2 is 1.00 bits per heavy atom. The number of hydrogen-bond donors (Lipinski definition) is 0. The minimum Gasteiger partial charge on any atom is -0.218 e. The van der Waals surface area contributed by atoms with E-state index in [1.165, 1.54) is 0 Å². The molecule has 0 heterocycles. The standard InChI is InChI=1S/C5ClF10I/c6-3(10,11)1(7,4(12,13)14)2(8,9)5(15,16)17. The SMILES string of the molecule is FC(F)(F)C(F)(C(F)(F)Cl)C(F)(F)C(F)(F)I. The van der Waals surface area contributed by atoms with Crippen LogP contribution < -0.4 is 0 Å². The van der Waals surface area contributed by atoms with Crippen molar-refractivity contribution in [1.29, 1.82) is 0 Å². The topological polar surface area (TPSA) is 0 Å². The van der Waals surface area contributed by atoms with Crippen LogP contribution in [0, 0.1) is 0 Å². The van der Waals surface area contributed by atoms with Crippen molar-refractivity contribution in [2.75, 3.05) is 0 Å². The highest BCUT2D eigenvalue weighted by atomic mass is 127. The smallest absolute Gasteiger partial charge is 0.218 e. The van der Waals surface area contributed by atoms with Crippen molar-refractivity contribution in [3.63, 3.8) is 0 Å². The molecule has 0 N–H and O–H groups in total. The van der Waals surface area contributed by atoms with E-state index in [-0.39, 0.29) is 0 Å². The third-order valence-corrected chi connectivity index (χ3v) is 2.51. The lowest BCUT2D eigenvalue weighted by molar-refractivity contribution is -0.369. The number of halogens is 12. The normalized spacial score (nSPS) is 19.1. The molecule has 0 nitrogen and oxygen atoms in total. The molecular formula is C5ClF10I. The van der Waals surface area contributed by atoms with Crippen LogP contribution in [-0.2, 0) is 0 Å². The molecule has 104 valence electrons. The molecule has 0 fully saturated rings. The van der Waals surface area contributed by atoms with E-state index in [9.17, 15) is 43.9 Å². The molecular weight excluding hydrogens is 412 g/mol. The summed E-state index contributed by atoms with van der Waals surface area (Å²) in [5, 5.41) is -6.27. The van der Waals surface area contributed by atoms with Crippen LogP contribution in [0.4, 0.5) is 43.9 Å². The largest absolute Gasteiger partial charge is 0.436 e. The van der Waals surface area contributed by atoms with E-state index in [0.29, 0.717) is 0 Å². The maximum atomic E-state index is 12.8. The van der Waals surface area contributed by atoms with Crippen molar-refractivity contribution in [3.8, 4) is 0 Å². The lowest BCUT2D eigenvalue weighted by Crippen LogP contribution is -2.68. The molecule has 0 amide bonds. The summed E-state index contributed by atoms with van der Waals surface area (Å²) in [5.74, 6) is -6.76. The Morgan fingerprint density at radius 1 is 0.706 bits per heavy atom. The van der Waals surface area contributed by atoms with Crippen molar-refractivity contribution in [3.05, 3.63) is 0 Å². The van der Waals surface area contributed by atoms with Gasteiger partial charge in [-0.25, -0.2) is 4.39 Å². The van der Waals surface area contributed by atoms with Crippen LogP contribution in [0.3, 0.4) is 0 Å². The third kappa shape index (κ3) is 2.54. The van der Waals surface area contributed by atoms with Crippen molar-refractivity contribution in [2.24, 2.45) is 0 Å². The van der Waals surface area contributed by atoms with E-state index in [0.717, 1.165) is 0 Å². The van der Waals surface area contributed by atoms with Crippen molar-refractivity contribution in [1.82, 2.24) is 0 Å². The highest BCUT2D eigenvalue weighted by Gasteiger charge is 2.88. The molecule has 12 heteroatoms. The second kappa shape index (κ2) is 4.17. The highest BCUT2D eigenvalue weighted by Crippen LogP contribution is 2.61. The Kier molecular flexibility index (Phi) is 4.25. The first-order valence-corrected chi connectivity index (χ1v) is 4.72. The second-order valence-electron chi connectivity index (χ2n) is 2.73. The van der Waals surface area contributed by atoms with Gasteiger partial charge in [-0.15, -0.1) is 0 Å². The Morgan fingerprint density at radius 3 is 1.06 bits per heavy atom. The molecule has 17 heavy (non-hydrogen) atoms. The first kappa shape index (κ1) is 17.3. The molecule has 0 aromatic rings. The van der Waals surface area contributed by atoms with E-state index in [1.807, 2.05) is 0 Å². The summed E-state index contributed by atoms with van der Waals surface area (Å²) in [6.45, 7) is 0. The highest BCUT2D eigenvalue weighted by molar-refractivity contribution is 14.1. The molecule has 0 saturated heterocycles. The van der Waals surface area contributed by atoms with E-state index < -0.39 is 49.7 Å². The number of alkyl halides is 12. The molecule has 0 bridgehead atoms. The van der Waals surface area contributed by atoms with E-state index in [2.05, 4.69) is 11.6 Å². The van der Waals surface area contributed by atoms with Crippen LogP contribution in [0.2, 0.25) is 0 Å². The van der Waals surface area contributed by atoms with E-state index >= 15 is 0 Å². The van der Waals surface area contributed by atoms with Gasteiger partial charge in [0.2, 0.25) is 0 Å². The number of rotatable bonds is 3. The van der Waals surface area contributed by atoms with Crippen molar-refractivity contribution in [2.45, 2.75) is 27.1 Å². The van der Waals surface area contributed by atoms with Crippen LogP contribution in [0.1, 0.15) is 0 Å². The summed E-state index contributed by atoms with van der Waals surface area (Å²) in [4.78, 5) is 0. The first-order chi connectivity index (χ1) is 7.00. The average molecular weight is 412 g/mol. The Labute approximate surface area is 105 Å². The lowest BCUT2D eigenvalue weighted by Gasteiger charge is -2.38. The van der Waals surface area contributed by atoms with E-state index in [4.69, 9.17) is 0 Å². The molecule has 1 unspecified atom stereocenters. The molecule has 0 aliphatic heterocycles. The van der Waals surface area contributed by atoms with E-state index in [1.54, 1.807) is 0 Å². The molecule has 0 aromatic heterocycles. The van der Waals surface area contributed by atoms with Crippen LogP contribution in [-0.4, -0.2) is 27.1 Å². The fourth-order valence-electron chi connectivity index (χ4n) is 0.712. The van der Waals surface area contributed by atoms with Crippen LogP contribution >= 0.6 is 34.2 Å². The zero-order valence-electron chi connectivity index (χ0n) is 7.04. The van der Waals surface area contributed by atoms with Crippen LogP contribution in [0.25, 0.3) is 0 Å². The average Bonchev–Trinajstić information content (AvgIpc) is 1.95. The van der Waals surface area contributed by atoms with Gasteiger partial charge in [0, 0.05) is 22.6 Å². The van der Waals surface area contributed by atoms with Crippen molar-refractivity contribution < 1.29 is 43.9 Å². The summed E-state index contributed by atoms with van der Waals surface area (Å²) in [7, 11) is 0. The van der Waals surface area contributed by atoms with Crippen LogP contribution in [0.5, 0.6) is 0 Å². The quantitative estimate of drug-likeness (QED) is 0.357. The minimum absolute atomic E-state index is 0.591. The van der Waals surface area contributed by atoms with Gasteiger partial charge in [-0.05, 0) is 11.6 Å². The van der Waals surface area contributed by atoms with Gasteiger partial charge >= 0.3 is 27.1 Å². The summed E-state index contributed by atoms with van der Waals surface area (Å²) < 4.78 is 116. The van der Waals surface area contributed by atoms with Gasteiger partial charge in [-0.2, -0.15) is 39.5 Å². The number of hydrogen-bond acceptors (Lipinski definition) is 0. The van der Waals surface area contributed by atoms with Gasteiger partial charge in [0.05, 0.1) is 0 Å². The molecule has 0 aliphatic carbocycles. The molecule has 0 aliphatic rings. The Bertz CT molecular complexity index is 271. The second-order valence-corrected chi connectivity index (χ2v) is 4.56. The molecule has 0 saturated carbocycles. The minimum atomic E-state index is -7.00. The predicted molar refractivity (Wildman–Crippen MR) is 44.6 cm³/mol. The van der Waals surface area contributed by atoms with Gasteiger partial charge in [0.1, 0.15) is 0 Å². The Hall–Kier alpha value is 0.320. The fraction of sp³-hybridized carbons (Fsp3) is 1.00. The Balaban J connectivity index is 6.04. The fourth-order valence-corrected chi connectivity index (χ4v) is 1.31. The summed E-state index contributed by atoms with van der Waals surface area (Å²) >= 11 is 2.98. The van der Waals surface area contributed by atoms with Gasteiger partial charge in [0.15, 0.2) is 0 Å². The molecule has 0 spiro atoms. The first-order valence-electron chi connectivity index (χ1n) is 3.27. The third-order valence-electron chi connectivity index (χ3n) is 1.57. The maximum Gasteiger partial charge on any atom is 0.436 e. The summed E-state index contributed by atoms with van der Waals surface area (Å²) in [5.41, 5.74) is -6.90. The van der Waals surface area contributed by atoms with Crippen LogP contribution in [0.15, 0.2) is 0 Å². The molecule has 0 radical (unpaired) electrons. The molecule has 0 aromatic carbocycles. The maximum absolute atomic E-state index is 12.8. The molecule has 0 rings (SSSR count). The zero-order chi connectivity index (χ0) is 14.5. The summed E-state index contributed by atoms with van der Waals surface area (Å²) in [6, 6.07) is 0. The van der Waals surface area contributed by atoms with Gasteiger partial charge < -0.3 is 0 Å². The van der Waals surface area contributed by atoms with Gasteiger partial charge in [0.25, 0.3) is 0 Å². The monoisotopic (exact) mass is 412 g/mol. The lowest BCUT2D eigenvalue weighted by atomic mass is 9.97. The van der Waals surface area contributed by atoms with Crippen molar-refractivity contribution >= 4 is 34.2 Å². The zero-order valence-corrected chi connectivity index (χ0v) is 9.95. The predicted octanol–water partition coefficient (Wildman–Crippen LogP) is 4.75. The van der Waals surface area contributed by atoms with Gasteiger partial charge in [-0.1, -0.05) is 0 Å². The van der Waals surface area contributed by atoms with Gasteiger partial charge in [-0.3, -0.25) is 0 Å².